The van der Waals surface area contributed by atoms with Crippen molar-refractivity contribution in [2.75, 3.05) is 5.43 Å². The van der Waals surface area contributed by atoms with E-state index in [9.17, 15) is 9.59 Å². The maximum Gasteiger partial charge on any atom is 0.330 e. The van der Waals surface area contributed by atoms with Gasteiger partial charge in [0.05, 0.1) is 0 Å². The molecule has 7 heteroatoms. The van der Waals surface area contributed by atoms with E-state index in [2.05, 4.69) is 20.8 Å². The lowest BCUT2D eigenvalue weighted by Crippen LogP contribution is -2.35. The first-order valence-corrected chi connectivity index (χ1v) is 3.47. The second-order valence-electron chi connectivity index (χ2n) is 2.35. The Morgan fingerprint density at radius 1 is 1.69 bits per heavy atom. The maximum atomic E-state index is 10.9. The van der Waals surface area contributed by atoms with Crippen LogP contribution in [0, 0.1) is 6.92 Å². The minimum absolute atomic E-state index is 0.142. The molecule has 0 radical (unpaired) electrons. The highest BCUT2D eigenvalue weighted by molar-refractivity contribution is 5.72. The summed E-state index contributed by atoms with van der Waals surface area (Å²) in [7, 11) is 0. The summed E-state index contributed by atoms with van der Waals surface area (Å²) < 4.78 is 0. The third-order valence-corrected chi connectivity index (χ3v) is 1.17. The molecule has 0 aliphatic heterocycles. The second kappa shape index (κ2) is 3.57. The predicted octanol–water partition coefficient (Wildman–Crippen LogP) is -0.926. The van der Waals surface area contributed by atoms with Crippen molar-refractivity contribution in [3.8, 4) is 0 Å². The number of carbonyl (C=O) groups excluding carboxylic acids is 1. The molecule has 0 fully saturated rings. The number of urea groups is 1. The summed E-state index contributed by atoms with van der Waals surface area (Å²) in [5.74, 6) is 0.142. The van der Waals surface area contributed by atoms with Crippen molar-refractivity contribution in [2.45, 2.75) is 6.92 Å². The normalized spacial score (nSPS) is 9.31. The van der Waals surface area contributed by atoms with E-state index in [-0.39, 0.29) is 11.5 Å². The number of amides is 2. The SMILES string of the molecule is Cc1cc(=O)[nH]c(NNC(N)=O)n1. The van der Waals surface area contributed by atoms with E-state index in [0.717, 1.165) is 0 Å². The highest BCUT2D eigenvalue weighted by Crippen LogP contribution is 1.92. The quantitative estimate of drug-likeness (QED) is 0.444. The number of nitrogens with zero attached hydrogens (tertiary/aromatic N) is 1. The van der Waals surface area contributed by atoms with Crippen LogP contribution < -0.4 is 22.1 Å². The molecule has 0 aliphatic rings. The van der Waals surface area contributed by atoms with Crippen molar-refractivity contribution in [3.63, 3.8) is 0 Å². The average Bonchev–Trinajstić information content (AvgIpc) is 1.99. The Balaban J connectivity index is 2.77. The summed E-state index contributed by atoms with van der Waals surface area (Å²) in [6.45, 7) is 1.66. The number of aromatic nitrogens is 2. The summed E-state index contributed by atoms with van der Waals surface area (Å²) >= 11 is 0. The Labute approximate surface area is 73.3 Å². The third kappa shape index (κ3) is 2.81. The van der Waals surface area contributed by atoms with Crippen LogP contribution in [0.2, 0.25) is 0 Å². The molecule has 0 aliphatic carbocycles. The van der Waals surface area contributed by atoms with Crippen molar-refractivity contribution in [3.05, 3.63) is 22.1 Å². The van der Waals surface area contributed by atoms with Crippen LogP contribution >= 0.6 is 0 Å². The molecule has 13 heavy (non-hydrogen) atoms. The van der Waals surface area contributed by atoms with Gasteiger partial charge in [-0.3, -0.25) is 15.2 Å². The number of hydrazine groups is 1. The van der Waals surface area contributed by atoms with Crippen molar-refractivity contribution in [1.82, 2.24) is 15.4 Å². The van der Waals surface area contributed by atoms with Crippen LogP contribution in [0.1, 0.15) is 5.69 Å². The largest absolute Gasteiger partial charge is 0.350 e. The summed E-state index contributed by atoms with van der Waals surface area (Å²) in [4.78, 5) is 27.4. The Morgan fingerprint density at radius 3 is 2.92 bits per heavy atom. The standard InChI is InChI=1S/C6H9N5O2/c1-3-2-4(12)9-6(8-3)11-10-5(7)13/h2H,1H3,(H3,7,10,13)(H2,8,9,11,12). The number of nitrogens with two attached hydrogens (primary N) is 1. The summed E-state index contributed by atoms with van der Waals surface area (Å²) in [6, 6.07) is 0.569. The number of hydrogen-bond acceptors (Lipinski definition) is 4. The Morgan fingerprint density at radius 2 is 2.38 bits per heavy atom. The molecule has 0 spiro atoms. The molecule has 7 nitrogen and oxygen atoms in total. The number of primary amides is 1. The molecule has 0 saturated carbocycles. The van der Waals surface area contributed by atoms with Crippen LogP contribution in [0.4, 0.5) is 10.7 Å². The first-order valence-electron chi connectivity index (χ1n) is 3.47. The van der Waals surface area contributed by atoms with Crippen LogP contribution in [-0.2, 0) is 0 Å². The van der Waals surface area contributed by atoms with Gasteiger partial charge < -0.3 is 5.73 Å². The lowest BCUT2D eigenvalue weighted by Gasteiger charge is -2.04. The highest BCUT2D eigenvalue weighted by Gasteiger charge is 1.97. The molecule has 2 amide bonds. The van der Waals surface area contributed by atoms with E-state index in [4.69, 9.17) is 5.73 Å². The van der Waals surface area contributed by atoms with Gasteiger partial charge in [0.15, 0.2) is 0 Å². The van der Waals surface area contributed by atoms with Gasteiger partial charge in [-0.15, -0.1) is 0 Å². The number of aromatic amines is 1. The number of H-pyrrole nitrogens is 1. The van der Waals surface area contributed by atoms with Gasteiger partial charge in [-0.25, -0.2) is 15.2 Å². The fraction of sp³-hybridized carbons (Fsp3) is 0.167. The fourth-order valence-corrected chi connectivity index (χ4v) is 0.759. The molecule has 70 valence electrons. The van der Waals surface area contributed by atoms with Crippen LogP contribution in [0.15, 0.2) is 10.9 Å². The number of carbonyl (C=O) groups is 1. The van der Waals surface area contributed by atoms with E-state index in [0.29, 0.717) is 5.69 Å². The zero-order valence-electron chi connectivity index (χ0n) is 6.92. The van der Waals surface area contributed by atoms with Crippen molar-refractivity contribution in [1.29, 1.82) is 0 Å². The van der Waals surface area contributed by atoms with Crippen molar-refractivity contribution >= 4 is 12.0 Å². The number of rotatable bonds is 2. The van der Waals surface area contributed by atoms with E-state index in [1.54, 1.807) is 6.92 Å². The van der Waals surface area contributed by atoms with E-state index >= 15 is 0 Å². The van der Waals surface area contributed by atoms with Gasteiger partial charge in [0.25, 0.3) is 5.56 Å². The zero-order chi connectivity index (χ0) is 9.84. The summed E-state index contributed by atoms with van der Waals surface area (Å²) in [5.41, 5.74) is 9.43. The smallest absolute Gasteiger partial charge is 0.330 e. The molecule has 0 bridgehead atoms. The minimum Gasteiger partial charge on any atom is -0.350 e. The summed E-state index contributed by atoms with van der Waals surface area (Å²) in [5, 5.41) is 0. The molecular formula is C6H9N5O2. The van der Waals surface area contributed by atoms with E-state index < -0.39 is 6.03 Å². The molecule has 5 N–H and O–H groups in total. The van der Waals surface area contributed by atoms with E-state index in [1.807, 2.05) is 0 Å². The molecular weight excluding hydrogens is 174 g/mol. The first-order chi connectivity index (χ1) is 6.08. The average molecular weight is 183 g/mol. The number of nitrogens with one attached hydrogen (secondary N) is 3. The number of anilines is 1. The van der Waals surface area contributed by atoms with Crippen molar-refractivity contribution < 1.29 is 4.79 Å². The molecule has 1 heterocycles. The third-order valence-electron chi connectivity index (χ3n) is 1.17. The van der Waals surface area contributed by atoms with Crippen LogP contribution in [0.25, 0.3) is 0 Å². The van der Waals surface area contributed by atoms with Gasteiger partial charge in [0.1, 0.15) is 0 Å². The van der Waals surface area contributed by atoms with Gasteiger partial charge >= 0.3 is 6.03 Å². The maximum absolute atomic E-state index is 10.9. The van der Waals surface area contributed by atoms with Gasteiger partial charge in [0, 0.05) is 11.8 Å². The topological polar surface area (TPSA) is 113 Å². The van der Waals surface area contributed by atoms with Gasteiger partial charge in [0.2, 0.25) is 5.95 Å². The predicted molar refractivity (Wildman–Crippen MR) is 45.9 cm³/mol. The lowest BCUT2D eigenvalue weighted by molar-refractivity contribution is 0.250. The molecule has 1 aromatic rings. The fourth-order valence-electron chi connectivity index (χ4n) is 0.759. The molecule has 1 aromatic heterocycles. The minimum atomic E-state index is -0.760. The zero-order valence-corrected chi connectivity index (χ0v) is 6.92. The summed E-state index contributed by atoms with van der Waals surface area (Å²) in [6.07, 6.45) is 0. The molecule has 0 atom stereocenters. The Hall–Kier alpha value is -2.05. The van der Waals surface area contributed by atoms with Gasteiger partial charge in [-0.2, -0.15) is 0 Å². The van der Waals surface area contributed by atoms with Gasteiger partial charge in [-0.1, -0.05) is 0 Å². The molecule has 1 rings (SSSR count). The number of hydrogen-bond donors (Lipinski definition) is 4. The van der Waals surface area contributed by atoms with Crippen LogP contribution in [-0.4, -0.2) is 16.0 Å². The van der Waals surface area contributed by atoms with Gasteiger partial charge in [-0.05, 0) is 6.92 Å². The molecule has 0 aromatic carbocycles. The van der Waals surface area contributed by atoms with Crippen LogP contribution in [0.3, 0.4) is 0 Å². The first kappa shape index (κ1) is 9.04. The second-order valence-corrected chi connectivity index (χ2v) is 2.35. The monoisotopic (exact) mass is 183 g/mol. The van der Waals surface area contributed by atoms with Crippen LogP contribution in [0.5, 0.6) is 0 Å². The Bertz CT molecular complexity index is 372. The molecule has 0 saturated heterocycles. The van der Waals surface area contributed by atoms with E-state index in [1.165, 1.54) is 6.07 Å². The van der Waals surface area contributed by atoms with Crippen molar-refractivity contribution in [2.24, 2.45) is 5.73 Å². The lowest BCUT2D eigenvalue weighted by atomic mass is 10.5. The highest BCUT2D eigenvalue weighted by atomic mass is 16.2. The molecule has 0 unspecified atom stereocenters. The number of aryl methyl sites for hydroxylation is 1. The Kier molecular flexibility index (Phi) is 2.48.